The Kier molecular flexibility index (Phi) is 5.71. The quantitative estimate of drug-likeness (QED) is 0.646. The largest absolute Gasteiger partial charge is 0.467 e. The van der Waals surface area contributed by atoms with E-state index in [-0.39, 0.29) is 11.2 Å². The summed E-state index contributed by atoms with van der Waals surface area (Å²) in [7, 11) is 1.74. The van der Waals surface area contributed by atoms with Crippen LogP contribution in [-0.4, -0.2) is 32.8 Å². The summed E-state index contributed by atoms with van der Waals surface area (Å²) in [5.41, 5.74) is 1.04. The van der Waals surface area contributed by atoms with Gasteiger partial charge in [-0.25, -0.2) is 4.39 Å². The van der Waals surface area contributed by atoms with Gasteiger partial charge in [0.15, 0.2) is 5.96 Å². The highest BCUT2D eigenvalue weighted by atomic mass is 19.1. The van der Waals surface area contributed by atoms with Crippen molar-refractivity contribution in [1.29, 1.82) is 0 Å². The van der Waals surface area contributed by atoms with E-state index in [1.165, 1.54) is 12.1 Å². The summed E-state index contributed by atoms with van der Waals surface area (Å²) in [5.74, 6) is 1.35. The molecule has 0 radical (unpaired) electrons. The lowest BCUT2D eigenvalue weighted by Gasteiger charge is -2.38. The Morgan fingerprint density at radius 3 is 2.56 bits per heavy atom. The fourth-order valence-corrected chi connectivity index (χ4v) is 3.19. The molecule has 0 unspecified atom stereocenters. The van der Waals surface area contributed by atoms with Gasteiger partial charge < -0.3 is 19.8 Å². The first-order valence-corrected chi connectivity index (χ1v) is 8.53. The molecule has 1 aliphatic rings. The van der Waals surface area contributed by atoms with Crippen molar-refractivity contribution >= 4 is 5.96 Å². The molecule has 25 heavy (non-hydrogen) atoms. The summed E-state index contributed by atoms with van der Waals surface area (Å²) in [5, 5.41) is 6.65. The maximum absolute atomic E-state index is 13.3. The van der Waals surface area contributed by atoms with Gasteiger partial charge in [0.05, 0.1) is 12.8 Å². The van der Waals surface area contributed by atoms with Gasteiger partial charge in [0, 0.05) is 32.2 Å². The number of guanidine groups is 1. The van der Waals surface area contributed by atoms with Gasteiger partial charge in [-0.15, -0.1) is 0 Å². The molecule has 2 heterocycles. The number of hydrogen-bond acceptors (Lipinski definition) is 3. The van der Waals surface area contributed by atoms with E-state index in [0.717, 1.165) is 24.2 Å². The number of hydrogen-bond donors (Lipinski definition) is 2. The monoisotopic (exact) mass is 345 g/mol. The molecule has 1 saturated heterocycles. The Hall–Kier alpha value is -2.34. The molecule has 2 aromatic rings. The number of rotatable bonds is 5. The van der Waals surface area contributed by atoms with Crippen LogP contribution in [0.4, 0.5) is 4.39 Å². The van der Waals surface area contributed by atoms with E-state index in [0.29, 0.717) is 32.3 Å². The van der Waals surface area contributed by atoms with Crippen molar-refractivity contribution in [2.45, 2.75) is 24.8 Å². The number of nitrogens with zero attached hydrogens (tertiary/aromatic N) is 1. The molecule has 0 aliphatic carbocycles. The van der Waals surface area contributed by atoms with Gasteiger partial charge in [0.1, 0.15) is 11.6 Å². The van der Waals surface area contributed by atoms with Gasteiger partial charge in [0.25, 0.3) is 0 Å². The average Bonchev–Trinajstić information content (AvgIpc) is 3.17. The minimum Gasteiger partial charge on any atom is -0.467 e. The van der Waals surface area contributed by atoms with E-state index in [4.69, 9.17) is 9.15 Å². The Labute approximate surface area is 147 Å². The third-order valence-corrected chi connectivity index (χ3v) is 4.73. The lowest BCUT2D eigenvalue weighted by molar-refractivity contribution is 0.0513. The molecule has 0 saturated carbocycles. The van der Waals surface area contributed by atoms with E-state index >= 15 is 0 Å². The topological polar surface area (TPSA) is 58.8 Å². The molecule has 0 atom stereocenters. The Balaban J connectivity index is 1.66. The van der Waals surface area contributed by atoms with Gasteiger partial charge >= 0.3 is 0 Å². The van der Waals surface area contributed by atoms with Crippen molar-refractivity contribution in [3.05, 3.63) is 59.8 Å². The summed E-state index contributed by atoms with van der Waals surface area (Å²) in [6, 6.07) is 10.6. The number of ether oxygens (including phenoxy) is 1. The molecule has 0 spiro atoms. The molecule has 3 rings (SSSR count). The summed E-state index contributed by atoms with van der Waals surface area (Å²) < 4.78 is 24.2. The van der Waals surface area contributed by atoms with E-state index in [1.54, 1.807) is 13.3 Å². The molecule has 6 heteroatoms. The van der Waals surface area contributed by atoms with Crippen LogP contribution in [0, 0.1) is 5.82 Å². The predicted octanol–water partition coefficient (Wildman–Crippen LogP) is 2.83. The zero-order chi connectivity index (χ0) is 17.5. The Morgan fingerprint density at radius 2 is 1.92 bits per heavy atom. The number of aliphatic imine (C=N–C) groups is 1. The van der Waals surface area contributed by atoms with E-state index in [9.17, 15) is 4.39 Å². The van der Waals surface area contributed by atoms with Crippen molar-refractivity contribution < 1.29 is 13.5 Å². The van der Waals surface area contributed by atoms with Crippen LogP contribution in [-0.2, 0) is 16.7 Å². The minimum absolute atomic E-state index is 0.0890. The van der Waals surface area contributed by atoms with Crippen molar-refractivity contribution in [3.63, 3.8) is 0 Å². The van der Waals surface area contributed by atoms with Crippen LogP contribution >= 0.6 is 0 Å². The minimum atomic E-state index is -0.213. The van der Waals surface area contributed by atoms with Gasteiger partial charge in [-0.1, -0.05) is 12.1 Å². The van der Waals surface area contributed by atoms with Gasteiger partial charge in [0.2, 0.25) is 0 Å². The molecule has 0 bridgehead atoms. The zero-order valence-electron chi connectivity index (χ0n) is 14.4. The highest BCUT2D eigenvalue weighted by Gasteiger charge is 2.34. The Morgan fingerprint density at radius 1 is 1.16 bits per heavy atom. The molecule has 5 nitrogen and oxygen atoms in total. The van der Waals surface area contributed by atoms with E-state index in [2.05, 4.69) is 15.6 Å². The average molecular weight is 345 g/mol. The van der Waals surface area contributed by atoms with Crippen LogP contribution in [0.3, 0.4) is 0 Å². The van der Waals surface area contributed by atoms with Crippen LogP contribution in [0.1, 0.15) is 24.2 Å². The SMILES string of the molecule is CN=C(NCc1ccco1)NCC1(c2ccc(F)cc2)CCOCC1. The van der Waals surface area contributed by atoms with Crippen LogP contribution < -0.4 is 10.6 Å². The first-order chi connectivity index (χ1) is 12.2. The van der Waals surface area contributed by atoms with E-state index < -0.39 is 0 Å². The highest BCUT2D eigenvalue weighted by Crippen LogP contribution is 2.34. The van der Waals surface area contributed by atoms with Gasteiger partial charge in [-0.2, -0.15) is 0 Å². The maximum atomic E-state index is 13.3. The third-order valence-electron chi connectivity index (χ3n) is 4.73. The predicted molar refractivity (Wildman–Crippen MR) is 95.0 cm³/mol. The summed E-state index contributed by atoms with van der Waals surface area (Å²) in [6.45, 7) is 2.69. The molecule has 1 aromatic carbocycles. The number of benzene rings is 1. The lowest BCUT2D eigenvalue weighted by Crippen LogP contribution is -2.47. The third kappa shape index (κ3) is 4.39. The zero-order valence-corrected chi connectivity index (χ0v) is 14.4. The van der Waals surface area contributed by atoms with Crippen molar-refractivity contribution in [2.75, 3.05) is 26.8 Å². The normalized spacial score (nSPS) is 17.3. The summed E-state index contributed by atoms with van der Waals surface area (Å²) >= 11 is 0. The van der Waals surface area contributed by atoms with E-state index in [1.807, 2.05) is 24.3 Å². The van der Waals surface area contributed by atoms with Crippen LogP contribution in [0.5, 0.6) is 0 Å². The van der Waals surface area contributed by atoms with Gasteiger partial charge in [-0.3, -0.25) is 4.99 Å². The van der Waals surface area contributed by atoms with Crippen LogP contribution in [0.25, 0.3) is 0 Å². The number of furan rings is 1. The molecule has 1 fully saturated rings. The molecule has 2 N–H and O–H groups in total. The molecule has 1 aliphatic heterocycles. The molecule has 134 valence electrons. The highest BCUT2D eigenvalue weighted by molar-refractivity contribution is 5.79. The smallest absolute Gasteiger partial charge is 0.191 e. The second-order valence-electron chi connectivity index (χ2n) is 6.26. The summed E-state index contributed by atoms with van der Waals surface area (Å²) in [6.07, 6.45) is 3.43. The molecular formula is C19H24FN3O2. The van der Waals surface area contributed by atoms with Crippen LogP contribution in [0.15, 0.2) is 52.1 Å². The second kappa shape index (κ2) is 8.16. The number of halogens is 1. The summed E-state index contributed by atoms with van der Waals surface area (Å²) in [4.78, 5) is 4.27. The number of nitrogens with one attached hydrogen (secondary N) is 2. The van der Waals surface area contributed by atoms with Crippen LogP contribution in [0.2, 0.25) is 0 Å². The fraction of sp³-hybridized carbons (Fsp3) is 0.421. The molecular weight excluding hydrogens is 321 g/mol. The van der Waals surface area contributed by atoms with Crippen molar-refractivity contribution in [1.82, 2.24) is 10.6 Å². The van der Waals surface area contributed by atoms with Crippen molar-refractivity contribution in [2.24, 2.45) is 4.99 Å². The lowest BCUT2D eigenvalue weighted by atomic mass is 9.74. The first-order valence-electron chi connectivity index (χ1n) is 8.53. The molecule has 1 aromatic heterocycles. The van der Waals surface area contributed by atoms with Crippen molar-refractivity contribution in [3.8, 4) is 0 Å². The second-order valence-corrected chi connectivity index (χ2v) is 6.26. The Bertz CT molecular complexity index is 677. The maximum Gasteiger partial charge on any atom is 0.191 e. The standard InChI is InChI=1S/C19H24FN3O2/c1-21-18(22-13-17-3-2-10-25-17)23-14-19(8-11-24-12-9-19)15-4-6-16(20)7-5-15/h2-7,10H,8-9,11-14H2,1H3,(H2,21,22,23). The first kappa shape index (κ1) is 17.5. The van der Waals surface area contributed by atoms with Gasteiger partial charge in [-0.05, 0) is 42.7 Å². The molecule has 0 amide bonds. The fourth-order valence-electron chi connectivity index (χ4n) is 3.19.